The SMILES string of the molecule is COc1cccc(N([C@H](C)C(=O)NCCCc2ccc(Cl)cc2)S(C)(=O)=O)c1. The van der Waals surface area contributed by atoms with Crippen LogP contribution < -0.4 is 14.4 Å². The van der Waals surface area contributed by atoms with E-state index < -0.39 is 16.1 Å². The Kier molecular flexibility index (Phi) is 7.71. The monoisotopic (exact) mass is 424 g/mol. The predicted octanol–water partition coefficient (Wildman–Crippen LogP) is 3.25. The Balaban J connectivity index is 2.00. The number of anilines is 1. The number of ether oxygens (including phenoxy) is 1. The number of hydrogen-bond donors (Lipinski definition) is 1. The van der Waals surface area contributed by atoms with Gasteiger partial charge in [0.25, 0.3) is 0 Å². The van der Waals surface area contributed by atoms with Gasteiger partial charge in [-0.15, -0.1) is 0 Å². The average Bonchev–Trinajstić information content (AvgIpc) is 2.65. The van der Waals surface area contributed by atoms with Crippen LogP contribution in [0, 0.1) is 0 Å². The summed E-state index contributed by atoms with van der Waals surface area (Å²) in [5.41, 5.74) is 1.51. The average molecular weight is 425 g/mol. The van der Waals surface area contributed by atoms with Gasteiger partial charge in [-0.3, -0.25) is 9.10 Å². The van der Waals surface area contributed by atoms with Gasteiger partial charge in [-0.1, -0.05) is 29.8 Å². The Labute approximate surface area is 171 Å². The van der Waals surface area contributed by atoms with Gasteiger partial charge in [0.05, 0.1) is 19.1 Å². The number of nitrogens with zero attached hydrogens (tertiary/aromatic N) is 1. The van der Waals surface area contributed by atoms with E-state index in [1.54, 1.807) is 31.2 Å². The van der Waals surface area contributed by atoms with Crippen LogP contribution in [0.2, 0.25) is 5.02 Å². The van der Waals surface area contributed by atoms with Crippen molar-refractivity contribution in [2.24, 2.45) is 0 Å². The molecule has 0 radical (unpaired) electrons. The van der Waals surface area contributed by atoms with Gasteiger partial charge >= 0.3 is 0 Å². The number of nitrogens with one attached hydrogen (secondary N) is 1. The highest BCUT2D eigenvalue weighted by atomic mass is 35.5. The summed E-state index contributed by atoms with van der Waals surface area (Å²) in [7, 11) is -2.16. The van der Waals surface area contributed by atoms with Crippen molar-refractivity contribution >= 4 is 33.2 Å². The van der Waals surface area contributed by atoms with E-state index in [4.69, 9.17) is 16.3 Å². The van der Waals surface area contributed by atoms with E-state index in [2.05, 4.69) is 5.32 Å². The summed E-state index contributed by atoms with van der Waals surface area (Å²) in [6, 6.07) is 13.3. The van der Waals surface area contributed by atoms with Gasteiger partial charge in [0.2, 0.25) is 15.9 Å². The van der Waals surface area contributed by atoms with Gasteiger partial charge in [0.1, 0.15) is 11.8 Å². The first-order chi connectivity index (χ1) is 13.2. The largest absolute Gasteiger partial charge is 0.497 e. The molecule has 0 aliphatic rings. The molecule has 2 rings (SSSR count). The normalized spacial score (nSPS) is 12.3. The molecule has 1 amide bonds. The molecular weight excluding hydrogens is 400 g/mol. The highest BCUT2D eigenvalue weighted by Gasteiger charge is 2.29. The number of amides is 1. The predicted molar refractivity (Wildman–Crippen MR) is 113 cm³/mol. The van der Waals surface area contributed by atoms with Crippen molar-refractivity contribution in [1.29, 1.82) is 0 Å². The second kappa shape index (κ2) is 9.80. The van der Waals surface area contributed by atoms with Crippen molar-refractivity contribution in [1.82, 2.24) is 5.32 Å². The van der Waals surface area contributed by atoms with Gasteiger partial charge in [0, 0.05) is 17.6 Å². The molecule has 1 atom stereocenters. The van der Waals surface area contributed by atoms with E-state index >= 15 is 0 Å². The number of rotatable bonds is 9. The van der Waals surface area contributed by atoms with Crippen LogP contribution in [0.4, 0.5) is 5.69 Å². The van der Waals surface area contributed by atoms with Gasteiger partial charge in [-0.25, -0.2) is 8.42 Å². The van der Waals surface area contributed by atoms with E-state index in [1.807, 2.05) is 24.3 Å². The quantitative estimate of drug-likeness (QED) is 0.627. The molecule has 0 aliphatic carbocycles. The molecule has 0 aromatic heterocycles. The van der Waals surface area contributed by atoms with Crippen LogP contribution in [0.5, 0.6) is 5.75 Å². The molecule has 0 saturated carbocycles. The lowest BCUT2D eigenvalue weighted by Crippen LogP contribution is -2.48. The first kappa shape index (κ1) is 22.0. The van der Waals surface area contributed by atoms with E-state index in [1.165, 1.54) is 7.11 Å². The summed E-state index contributed by atoms with van der Waals surface area (Å²) in [5.74, 6) is 0.158. The standard InChI is InChI=1S/C20H25ClN2O4S/c1-15(20(24)22-13-5-6-16-9-11-17(21)12-10-16)23(28(3,25)26)18-7-4-8-19(14-18)27-2/h4,7-12,14-15H,5-6,13H2,1-3H3,(H,22,24)/t15-/m1/s1. The Hall–Kier alpha value is -2.25. The van der Waals surface area contributed by atoms with Crippen LogP contribution in [-0.2, 0) is 21.2 Å². The van der Waals surface area contributed by atoms with E-state index in [0.717, 1.165) is 29.0 Å². The number of benzene rings is 2. The highest BCUT2D eigenvalue weighted by molar-refractivity contribution is 7.92. The van der Waals surface area contributed by atoms with Crippen molar-refractivity contribution in [3.05, 3.63) is 59.1 Å². The minimum atomic E-state index is -3.66. The lowest BCUT2D eigenvalue weighted by atomic mass is 10.1. The molecule has 1 N–H and O–H groups in total. The van der Waals surface area contributed by atoms with Crippen LogP contribution in [-0.4, -0.2) is 40.3 Å². The zero-order valence-corrected chi connectivity index (χ0v) is 17.8. The molecule has 0 saturated heterocycles. The van der Waals surface area contributed by atoms with Crippen LogP contribution in [0.25, 0.3) is 0 Å². The number of sulfonamides is 1. The Morgan fingerprint density at radius 3 is 2.50 bits per heavy atom. The molecule has 2 aromatic rings. The van der Waals surface area contributed by atoms with Gasteiger partial charge in [-0.05, 0) is 49.6 Å². The lowest BCUT2D eigenvalue weighted by Gasteiger charge is -2.28. The number of aryl methyl sites for hydroxylation is 1. The smallest absolute Gasteiger partial charge is 0.243 e. The highest BCUT2D eigenvalue weighted by Crippen LogP contribution is 2.25. The van der Waals surface area contributed by atoms with E-state index in [-0.39, 0.29) is 5.91 Å². The third-order valence-electron chi connectivity index (χ3n) is 4.25. The topological polar surface area (TPSA) is 75.7 Å². The minimum Gasteiger partial charge on any atom is -0.497 e. The molecule has 0 heterocycles. The van der Waals surface area contributed by atoms with Crippen molar-refractivity contribution in [3.8, 4) is 5.75 Å². The number of hydrogen-bond acceptors (Lipinski definition) is 4. The Morgan fingerprint density at radius 1 is 1.21 bits per heavy atom. The maximum absolute atomic E-state index is 12.5. The molecule has 6 nitrogen and oxygen atoms in total. The fourth-order valence-corrected chi connectivity index (χ4v) is 4.15. The van der Waals surface area contributed by atoms with Gasteiger partial charge < -0.3 is 10.1 Å². The summed E-state index contributed by atoms with van der Waals surface area (Å²) in [4.78, 5) is 12.5. The zero-order valence-electron chi connectivity index (χ0n) is 16.2. The van der Waals surface area contributed by atoms with Gasteiger partial charge in [-0.2, -0.15) is 0 Å². The van der Waals surface area contributed by atoms with Crippen molar-refractivity contribution in [3.63, 3.8) is 0 Å². The van der Waals surface area contributed by atoms with E-state index in [9.17, 15) is 13.2 Å². The zero-order chi connectivity index (χ0) is 20.7. The van der Waals surface area contributed by atoms with Gasteiger partial charge in [0.15, 0.2) is 0 Å². The fourth-order valence-electron chi connectivity index (χ4n) is 2.86. The summed E-state index contributed by atoms with van der Waals surface area (Å²) >= 11 is 5.87. The van der Waals surface area contributed by atoms with Crippen LogP contribution >= 0.6 is 11.6 Å². The summed E-state index contributed by atoms with van der Waals surface area (Å²) in [6.45, 7) is 2.01. The summed E-state index contributed by atoms with van der Waals surface area (Å²) in [5, 5.41) is 3.50. The lowest BCUT2D eigenvalue weighted by molar-refractivity contribution is -0.121. The molecule has 0 unspecified atom stereocenters. The van der Waals surface area contributed by atoms with Crippen molar-refractivity contribution < 1.29 is 17.9 Å². The second-order valence-electron chi connectivity index (χ2n) is 6.46. The number of carbonyl (C=O) groups excluding carboxylic acids is 1. The number of methoxy groups -OCH3 is 1. The summed E-state index contributed by atoms with van der Waals surface area (Å²) < 4.78 is 30.9. The van der Waals surface area contributed by atoms with Crippen LogP contribution in [0.3, 0.4) is 0 Å². The molecule has 0 spiro atoms. The Bertz CT molecular complexity index is 901. The molecular formula is C20H25ClN2O4S. The first-order valence-corrected chi connectivity index (χ1v) is 11.1. The molecule has 2 aromatic carbocycles. The Morgan fingerprint density at radius 2 is 1.89 bits per heavy atom. The second-order valence-corrected chi connectivity index (χ2v) is 8.75. The maximum Gasteiger partial charge on any atom is 0.243 e. The van der Waals surface area contributed by atoms with Crippen molar-refractivity contribution in [2.45, 2.75) is 25.8 Å². The first-order valence-electron chi connectivity index (χ1n) is 8.88. The number of halogens is 1. The minimum absolute atomic E-state index is 0.357. The molecule has 0 bridgehead atoms. The third kappa shape index (κ3) is 6.14. The van der Waals surface area contributed by atoms with E-state index in [0.29, 0.717) is 23.0 Å². The molecule has 0 fully saturated rings. The van der Waals surface area contributed by atoms with Crippen LogP contribution in [0.15, 0.2) is 48.5 Å². The number of carbonyl (C=O) groups is 1. The molecule has 152 valence electrons. The molecule has 28 heavy (non-hydrogen) atoms. The van der Waals surface area contributed by atoms with Crippen LogP contribution in [0.1, 0.15) is 18.9 Å². The maximum atomic E-state index is 12.5. The van der Waals surface area contributed by atoms with Crippen molar-refractivity contribution in [2.75, 3.05) is 24.2 Å². The third-order valence-corrected chi connectivity index (χ3v) is 5.74. The molecule has 0 aliphatic heterocycles. The summed E-state index contributed by atoms with van der Waals surface area (Å²) in [6.07, 6.45) is 2.60. The molecule has 8 heteroatoms. The fraction of sp³-hybridized carbons (Fsp3) is 0.350.